The Balaban J connectivity index is 0.000000296. The maximum Gasteiger partial charge on any atom is 0.446 e. The third-order valence-corrected chi connectivity index (χ3v) is 24.6. The number of primary amides is 3. The van der Waals surface area contributed by atoms with Gasteiger partial charge in [0.25, 0.3) is 0 Å². The van der Waals surface area contributed by atoms with Crippen molar-refractivity contribution in [3.63, 3.8) is 0 Å². The maximum atomic E-state index is 12.8. The Morgan fingerprint density at radius 3 is 1.20 bits per heavy atom. The highest BCUT2D eigenvalue weighted by Gasteiger charge is 2.32. The molecule has 3 aliphatic heterocycles. The molecule has 0 aliphatic carbocycles. The number of aryl methyl sites for hydroxylation is 2. The van der Waals surface area contributed by atoms with Crippen molar-refractivity contribution in [2.24, 2.45) is 22.9 Å². The third-order valence-electron chi connectivity index (χ3n) is 20.2. The van der Waals surface area contributed by atoms with Gasteiger partial charge in [0.2, 0.25) is 24.0 Å². The van der Waals surface area contributed by atoms with E-state index in [1.807, 2.05) is 75.5 Å². The lowest BCUT2D eigenvalue weighted by Gasteiger charge is -2.27. The number of unbranched alkanes of at least 4 members (excludes halogenated alkanes) is 1. The van der Waals surface area contributed by atoms with Crippen molar-refractivity contribution in [2.45, 2.75) is 190 Å². The minimum absolute atomic E-state index is 0. The molecule has 0 spiro atoms. The van der Waals surface area contributed by atoms with Gasteiger partial charge in [-0.3, -0.25) is 57.8 Å². The number of nitrogens with two attached hydrogens (primary N) is 4. The van der Waals surface area contributed by atoms with Crippen LogP contribution in [0.1, 0.15) is 194 Å². The Morgan fingerprint density at radius 2 is 0.861 bits per heavy atom. The van der Waals surface area contributed by atoms with Crippen LogP contribution in [-0.2, 0) is 119 Å². The molecule has 0 radical (unpaired) electrons. The molecule has 4 amide bonds. The summed E-state index contributed by atoms with van der Waals surface area (Å²) in [6, 6.07) is 38.4. The number of aromatic amines is 2. The fourth-order valence-electron chi connectivity index (χ4n) is 14.7. The molecule has 0 unspecified atom stereocenters. The van der Waals surface area contributed by atoms with Crippen LogP contribution in [0.15, 0.2) is 134 Å². The highest BCUT2D eigenvalue weighted by molar-refractivity contribution is 7.13. The number of para-hydroxylation sites is 2. The number of H-pyrrole nitrogens is 2. The molecule has 0 bridgehead atoms. The van der Waals surface area contributed by atoms with E-state index in [0.717, 1.165) is 172 Å². The predicted molar refractivity (Wildman–Crippen MR) is 488 cm³/mol. The van der Waals surface area contributed by atoms with Crippen molar-refractivity contribution in [3.8, 4) is 0 Å². The molecule has 0 saturated heterocycles. The van der Waals surface area contributed by atoms with Crippen molar-refractivity contribution in [3.05, 3.63) is 239 Å². The number of thiophene rings is 3. The number of ketones is 4. The SMILES string of the molecule is C.C.CC(C)(C)OC(=O)NCCCN1CCc2c(sc(CC(=O)Cc3ccc(Cl)cc3)c2C(N)=O)C1.CCCc1c[nH]c2ccccc12.F.NC(=O)c1c(CC(=O)Cc2ccc(Cl)cc2)sc2c1CCN(CCCCC(=O)CCc1c[nH]c3ccccc13)C2.NCCCN1CCc2c(sc(CC(=O)Cc3ccc(Cl)cc3)c2C(N)=O)C1.O=CC(F)(F)F.[HH]. The summed E-state index contributed by atoms with van der Waals surface area (Å²) >= 11 is 22.4. The molecule has 5 aromatic heterocycles. The van der Waals surface area contributed by atoms with Crippen LogP contribution in [0.4, 0.5) is 22.7 Å². The topological polar surface area (TPSA) is 320 Å². The monoisotopic (exact) mass is 1800 g/mol. The second-order valence-corrected chi connectivity index (χ2v) is 35.6. The Kier molecular flexibility index (Phi) is 41.0. The lowest BCUT2D eigenvalue weighted by atomic mass is 9.98. The van der Waals surface area contributed by atoms with Crippen LogP contribution in [0.2, 0.25) is 15.1 Å². The number of carbonyl (C=O) groups excluding carboxylic acids is 9. The molecule has 10 aromatic rings. The largest absolute Gasteiger partial charge is 0.446 e. The van der Waals surface area contributed by atoms with Gasteiger partial charge in [0.05, 0.1) is 16.7 Å². The number of alkyl carbamates (subject to hydrolysis) is 1. The molecule has 20 nitrogen and oxygen atoms in total. The van der Waals surface area contributed by atoms with Gasteiger partial charge in [-0.2, -0.15) is 13.2 Å². The summed E-state index contributed by atoms with van der Waals surface area (Å²) in [4.78, 5) is 127. The zero-order chi connectivity index (χ0) is 85.9. The number of hydrogen-bond acceptors (Lipinski definition) is 17. The molecule has 5 aromatic carbocycles. The molecule has 13 rings (SSSR count). The molecular formula is C92H115Cl3F4N10O10S3. The van der Waals surface area contributed by atoms with Crippen molar-refractivity contribution >= 4 is 144 Å². The van der Waals surface area contributed by atoms with Gasteiger partial charge < -0.3 is 43.0 Å². The maximum absolute atomic E-state index is 12.8. The average Bonchev–Trinajstić information content (AvgIpc) is 1.65. The summed E-state index contributed by atoms with van der Waals surface area (Å²) in [5, 5.41) is 7.26. The van der Waals surface area contributed by atoms with E-state index < -0.39 is 41.9 Å². The molecule has 3 aliphatic rings. The molecule has 0 saturated carbocycles. The van der Waals surface area contributed by atoms with E-state index >= 15 is 0 Å². The second-order valence-electron chi connectivity index (χ2n) is 30.7. The van der Waals surface area contributed by atoms with Crippen LogP contribution in [0.3, 0.4) is 0 Å². The molecule has 11 N–H and O–H groups in total. The number of fused-ring (bicyclic) bond motifs is 5. The summed E-state index contributed by atoms with van der Waals surface area (Å²) in [6.07, 6.45) is 9.70. The van der Waals surface area contributed by atoms with Gasteiger partial charge in [0, 0.05) is 184 Å². The van der Waals surface area contributed by atoms with Gasteiger partial charge in [-0.15, -0.1) is 34.0 Å². The van der Waals surface area contributed by atoms with Crippen LogP contribution >= 0.6 is 68.8 Å². The van der Waals surface area contributed by atoms with E-state index in [1.165, 1.54) is 51.6 Å². The summed E-state index contributed by atoms with van der Waals surface area (Å²) in [7, 11) is 0. The van der Waals surface area contributed by atoms with E-state index in [2.05, 4.69) is 79.5 Å². The zero-order valence-corrected chi connectivity index (χ0v) is 72.6. The average molecular weight is 1800 g/mol. The quantitative estimate of drug-likeness (QED) is 0.0117. The standard InChI is InChI=1S/C32H34ClN3O3S.C25H32ClN3O4S.C20H24ClN3O2S.C11H13N.C2HF3O.2CH4.FH.H2/c33-23-11-8-21(9-12-23)17-25(38)18-29-31(32(34)39)27-14-16-36(20-30(27)40-29)15-4-3-5-24(37)13-10-22-19-35-28-7-2-1-6-26(22)28;1-25(2,3)33-24(32)28-10-4-11-29-12-9-19-21(15-29)34-20(22(19)23(27)31)14-18(30)13-16-5-7-17(26)8-6-16;21-14-4-2-13(3-5-14)10-15(25)11-17-19(20(23)26)16-6-9-24(8-1-7-22)12-18(16)27-17;1-2-5-9-8-12-11-7-4-3-6-10(9)11;3-2(4,5)1-6;;;;/h1-2,6-9,11-12,19,35H,3-5,10,13-18,20H2,(H2,34,39);5-8H,4,9-15H2,1-3H3,(H2,27,31)(H,28,32);2-5H,1,6-12,22H2,(H2,23,26);3-4,6-8,12H,2,5H2,1H3;1H;2*1H4;2*1H. The molecule has 30 heteroatoms. The zero-order valence-electron chi connectivity index (χ0n) is 67.9. The minimum atomic E-state index is -4.64. The third kappa shape index (κ3) is 31.5. The van der Waals surface area contributed by atoms with Gasteiger partial charge in [-0.05, 0) is 191 Å². The van der Waals surface area contributed by atoms with E-state index in [9.17, 15) is 51.5 Å². The number of alkyl halides is 3. The fourth-order valence-corrected chi connectivity index (χ4v) is 19.4. The highest BCUT2D eigenvalue weighted by atomic mass is 35.5. The molecular weight excluding hydrogens is 1680 g/mol. The Hall–Kier alpha value is -9.26. The lowest BCUT2D eigenvalue weighted by Crippen LogP contribution is -2.36. The first-order valence-electron chi connectivity index (χ1n) is 39.9. The van der Waals surface area contributed by atoms with Crippen LogP contribution in [0.5, 0.6) is 0 Å². The fraction of sp³-hybridized carbons (Fsp3) is 0.402. The van der Waals surface area contributed by atoms with E-state index in [0.29, 0.717) is 82.9 Å². The second kappa shape index (κ2) is 49.3. The van der Waals surface area contributed by atoms with Crippen molar-refractivity contribution < 1.29 is 67.2 Å². The van der Waals surface area contributed by atoms with E-state index in [1.54, 1.807) is 59.1 Å². The van der Waals surface area contributed by atoms with Gasteiger partial charge in [0.1, 0.15) is 28.7 Å². The predicted octanol–water partition coefficient (Wildman–Crippen LogP) is 18.3. The number of hydrogen-bond donors (Lipinski definition) is 7. The van der Waals surface area contributed by atoms with Gasteiger partial charge in [-0.25, -0.2) is 4.79 Å². The van der Waals surface area contributed by atoms with Crippen LogP contribution in [0.25, 0.3) is 21.8 Å². The number of benzene rings is 5. The number of nitrogens with one attached hydrogen (secondary N) is 3. The molecule has 8 heterocycles. The van der Waals surface area contributed by atoms with Gasteiger partial charge >= 0.3 is 12.3 Å². The number of aromatic nitrogens is 2. The summed E-state index contributed by atoms with van der Waals surface area (Å²) < 4.78 is 36.5. The van der Waals surface area contributed by atoms with Crippen molar-refractivity contribution in [2.75, 3.05) is 52.4 Å². The smallest absolute Gasteiger partial charge is 0.444 e. The first-order chi connectivity index (χ1) is 56.8. The van der Waals surface area contributed by atoms with Crippen LogP contribution < -0.4 is 28.3 Å². The first-order valence-corrected chi connectivity index (χ1v) is 43.5. The van der Waals surface area contributed by atoms with Crippen LogP contribution in [0, 0.1) is 0 Å². The van der Waals surface area contributed by atoms with E-state index in [4.69, 9.17) is 67.3 Å². The number of rotatable bonds is 32. The number of nitrogens with zero attached hydrogens (tertiary/aromatic N) is 3. The number of amides is 4. The first kappa shape index (κ1) is 102. The van der Waals surface area contributed by atoms with Crippen molar-refractivity contribution in [1.29, 1.82) is 0 Å². The van der Waals surface area contributed by atoms with Crippen molar-refractivity contribution in [1.82, 2.24) is 30.0 Å². The van der Waals surface area contributed by atoms with Gasteiger partial charge in [0.15, 0.2) is 0 Å². The molecule has 0 atom stereocenters. The van der Waals surface area contributed by atoms with E-state index in [-0.39, 0.29) is 64.0 Å². The molecule has 0 fully saturated rings. The number of aldehydes is 1. The normalized spacial score (nSPS) is 13.0. The summed E-state index contributed by atoms with van der Waals surface area (Å²) in [5.41, 5.74) is 34.6. The summed E-state index contributed by atoms with van der Waals surface area (Å²) in [6.45, 7) is 16.4. The summed E-state index contributed by atoms with van der Waals surface area (Å²) in [5.74, 6) is -0.893. The highest BCUT2D eigenvalue weighted by Crippen LogP contribution is 2.38. The molecule has 122 heavy (non-hydrogen) atoms. The number of Topliss-reactive ketones (excluding diaryl/α,β-unsaturated/α-hetero) is 4. The Bertz CT molecular complexity index is 5140. The number of halogens is 7. The molecule has 660 valence electrons. The minimum Gasteiger partial charge on any atom is -0.444 e. The Labute approximate surface area is 740 Å². The Morgan fingerprint density at radius 1 is 0.508 bits per heavy atom. The van der Waals surface area contributed by atoms with Gasteiger partial charge in [-0.1, -0.05) is 136 Å². The number of ether oxygens (including phenoxy) is 1. The lowest BCUT2D eigenvalue weighted by molar-refractivity contribution is -0.156. The number of carbonyl (C=O) groups is 9. The van der Waals surface area contributed by atoms with Crippen LogP contribution in [-0.4, -0.2) is 142 Å².